The molecule has 2 nitrogen and oxygen atoms in total. The lowest BCUT2D eigenvalue weighted by molar-refractivity contribution is 0.165. The first-order valence-electron chi connectivity index (χ1n) is 7.85. The summed E-state index contributed by atoms with van der Waals surface area (Å²) in [4.78, 5) is 2.61. The van der Waals surface area contributed by atoms with Crippen LogP contribution in [0.3, 0.4) is 0 Å². The summed E-state index contributed by atoms with van der Waals surface area (Å²) < 4.78 is 0. The molecule has 0 aliphatic carbocycles. The van der Waals surface area contributed by atoms with Crippen LogP contribution in [0.15, 0.2) is 18.2 Å². The summed E-state index contributed by atoms with van der Waals surface area (Å²) in [5.41, 5.74) is 2.28. The maximum absolute atomic E-state index is 6.20. The maximum atomic E-state index is 6.20. The van der Waals surface area contributed by atoms with Crippen molar-refractivity contribution in [3.63, 3.8) is 0 Å². The molecule has 1 aromatic carbocycles. The van der Waals surface area contributed by atoms with Gasteiger partial charge < -0.3 is 10.2 Å². The molecule has 0 aromatic heterocycles. The fraction of sp³-hybridized carbons (Fsp3) is 0.647. The lowest BCUT2D eigenvalue weighted by Crippen LogP contribution is -2.42. The van der Waals surface area contributed by atoms with Crippen LogP contribution in [0.1, 0.15) is 38.7 Å². The molecule has 1 N–H and O–H groups in total. The Morgan fingerprint density at radius 1 is 1.45 bits per heavy atom. The molecule has 112 valence electrons. The normalized spacial score (nSPS) is 21.7. The Labute approximate surface area is 128 Å². The van der Waals surface area contributed by atoms with E-state index in [4.69, 9.17) is 11.6 Å². The van der Waals surface area contributed by atoms with Gasteiger partial charge in [0.15, 0.2) is 0 Å². The molecular formula is C17H27ClN2. The quantitative estimate of drug-likeness (QED) is 0.856. The second kappa shape index (κ2) is 7.33. The molecule has 1 aliphatic heterocycles. The monoisotopic (exact) mass is 294 g/mol. The molecule has 0 bridgehead atoms. The van der Waals surface area contributed by atoms with E-state index in [2.05, 4.69) is 36.2 Å². The minimum Gasteiger partial charge on any atom is -0.382 e. The van der Waals surface area contributed by atoms with E-state index in [-0.39, 0.29) is 0 Å². The van der Waals surface area contributed by atoms with Gasteiger partial charge in [-0.1, -0.05) is 24.6 Å². The predicted molar refractivity (Wildman–Crippen MR) is 88.7 cm³/mol. The number of halogens is 1. The van der Waals surface area contributed by atoms with E-state index in [1.807, 2.05) is 13.0 Å². The Balaban J connectivity index is 1.93. The van der Waals surface area contributed by atoms with Gasteiger partial charge in [-0.25, -0.2) is 0 Å². The van der Waals surface area contributed by atoms with Gasteiger partial charge in [-0.05, 0) is 69.8 Å². The SMILES string of the molecule is CCCN1CCCC(C(C)Nc2ccc(C)c(Cl)c2)C1. The molecule has 1 aromatic rings. The number of anilines is 1. The van der Waals surface area contributed by atoms with Gasteiger partial charge in [-0.2, -0.15) is 0 Å². The molecule has 2 atom stereocenters. The highest BCUT2D eigenvalue weighted by molar-refractivity contribution is 6.31. The summed E-state index contributed by atoms with van der Waals surface area (Å²) in [5, 5.41) is 4.48. The van der Waals surface area contributed by atoms with E-state index in [1.54, 1.807) is 0 Å². The molecule has 0 saturated carbocycles. The van der Waals surface area contributed by atoms with Crippen molar-refractivity contribution in [3.8, 4) is 0 Å². The molecule has 1 aliphatic rings. The van der Waals surface area contributed by atoms with E-state index < -0.39 is 0 Å². The predicted octanol–water partition coefficient (Wildman–Crippen LogP) is 4.57. The third kappa shape index (κ3) is 4.13. The van der Waals surface area contributed by atoms with Gasteiger partial charge in [-0.15, -0.1) is 0 Å². The lowest BCUT2D eigenvalue weighted by atomic mass is 9.91. The fourth-order valence-electron chi connectivity index (χ4n) is 3.08. The van der Waals surface area contributed by atoms with E-state index in [0.29, 0.717) is 6.04 Å². The van der Waals surface area contributed by atoms with Crippen molar-refractivity contribution in [1.29, 1.82) is 0 Å². The molecule has 1 fully saturated rings. The summed E-state index contributed by atoms with van der Waals surface area (Å²) >= 11 is 6.20. The average molecular weight is 295 g/mol. The Kier molecular flexibility index (Phi) is 5.74. The third-order valence-corrected chi connectivity index (χ3v) is 4.76. The van der Waals surface area contributed by atoms with Gasteiger partial charge in [0, 0.05) is 23.3 Å². The molecule has 20 heavy (non-hydrogen) atoms. The number of hydrogen-bond acceptors (Lipinski definition) is 2. The average Bonchev–Trinajstić information content (AvgIpc) is 2.43. The first-order chi connectivity index (χ1) is 9.60. The largest absolute Gasteiger partial charge is 0.382 e. The Morgan fingerprint density at radius 3 is 2.95 bits per heavy atom. The zero-order valence-corrected chi connectivity index (χ0v) is 13.7. The van der Waals surface area contributed by atoms with Crippen LogP contribution in [0.4, 0.5) is 5.69 Å². The summed E-state index contributed by atoms with van der Waals surface area (Å²) in [6.45, 7) is 10.3. The highest BCUT2D eigenvalue weighted by Gasteiger charge is 2.24. The summed E-state index contributed by atoms with van der Waals surface area (Å²) in [6, 6.07) is 6.75. The van der Waals surface area contributed by atoms with Crippen LogP contribution >= 0.6 is 11.6 Å². The van der Waals surface area contributed by atoms with Crippen LogP contribution in [0.25, 0.3) is 0 Å². The smallest absolute Gasteiger partial charge is 0.0455 e. The molecule has 0 spiro atoms. The van der Waals surface area contributed by atoms with E-state index >= 15 is 0 Å². The van der Waals surface area contributed by atoms with Gasteiger partial charge in [0.05, 0.1) is 0 Å². The number of benzene rings is 1. The van der Waals surface area contributed by atoms with Crippen LogP contribution < -0.4 is 5.32 Å². The van der Waals surface area contributed by atoms with Crippen LogP contribution in [0, 0.1) is 12.8 Å². The molecule has 0 radical (unpaired) electrons. The number of aryl methyl sites for hydroxylation is 1. The number of piperidine rings is 1. The van der Waals surface area contributed by atoms with Crippen molar-refractivity contribution >= 4 is 17.3 Å². The molecular weight excluding hydrogens is 268 g/mol. The number of rotatable bonds is 5. The maximum Gasteiger partial charge on any atom is 0.0455 e. The zero-order chi connectivity index (χ0) is 14.5. The lowest BCUT2D eigenvalue weighted by Gasteiger charge is -2.36. The van der Waals surface area contributed by atoms with Gasteiger partial charge >= 0.3 is 0 Å². The minimum absolute atomic E-state index is 0.494. The Bertz CT molecular complexity index is 431. The van der Waals surface area contributed by atoms with Crippen molar-refractivity contribution in [2.45, 2.75) is 46.1 Å². The Hall–Kier alpha value is -0.730. The second-order valence-electron chi connectivity index (χ2n) is 6.10. The summed E-state index contributed by atoms with van der Waals surface area (Å²) in [6.07, 6.45) is 3.90. The topological polar surface area (TPSA) is 15.3 Å². The molecule has 2 rings (SSSR count). The molecule has 1 heterocycles. The highest BCUT2D eigenvalue weighted by atomic mass is 35.5. The van der Waals surface area contributed by atoms with Crippen molar-refractivity contribution in [2.75, 3.05) is 25.0 Å². The number of nitrogens with zero attached hydrogens (tertiary/aromatic N) is 1. The molecule has 1 saturated heterocycles. The van der Waals surface area contributed by atoms with Crippen molar-refractivity contribution in [3.05, 3.63) is 28.8 Å². The number of hydrogen-bond donors (Lipinski definition) is 1. The summed E-state index contributed by atoms with van der Waals surface area (Å²) in [7, 11) is 0. The fourth-order valence-corrected chi connectivity index (χ4v) is 3.26. The molecule has 3 heteroatoms. The van der Waals surface area contributed by atoms with Gasteiger partial charge in [0.25, 0.3) is 0 Å². The van der Waals surface area contributed by atoms with Crippen LogP contribution in [-0.2, 0) is 0 Å². The van der Waals surface area contributed by atoms with Gasteiger partial charge in [0.2, 0.25) is 0 Å². The van der Waals surface area contributed by atoms with Crippen molar-refractivity contribution < 1.29 is 0 Å². The minimum atomic E-state index is 0.494. The number of nitrogens with one attached hydrogen (secondary N) is 1. The van der Waals surface area contributed by atoms with Crippen LogP contribution in [0.5, 0.6) is 0 Å². The Morgan fingerprint density at radius 2 is 2.25 bits per heavy atom. The molecule has 0 amide bonds. The first-order valence-corrected chi connectivity index (χ1v) is 8.23. The third-order valence-electron chi connectivity index (χ3n) is 4.36. The van der Waals surface area contributed by atoms with Gasteiger partial charge in [-0.3, -0.25) is 0 Å². The number of likely N-dealkylation sites (tertiary alicyclic amines) is 1. The highest BCUT2D eigenvalue weighted by Crippen LogP contribution is 2.25. The van der Waals surface area contributed by atoms with Crippen molar-refractivity contribution in [1.82, 2.24) is 4.90 Å². The van der Waals surface area contributed by atoms with E-state index in [9.17, 15) is 0 Å². The van der Waals surface area contributed by atoms with E-state index in [0.717, 1.165) is 22.2 Å². The van der Waals surface area contributed by atoms with E-state index in [1.165, 1.54) is 38.9 Å². The van der Waals surface area contributed by atoms with Crippen LogP contribution in [-0.4, -0.2) is 30.6 Å². The van der Waals surface area contributed by atoms with Gasteiger partial charge in [0.1, 0.15) is 0 Å². The summed E-state index contributed by atoms with van der Waals surface area (Å²) in [5.74, 6) is 0.732. The first kappa shape index (κ1) is 15.7. The van der Waals surface area contributed by atoms with Crippen LogP contribution in [0.2, 0.25) is 5.02 Å². The van der Waals surface area contributed by atoms with Crippen molar-refractivity contribution in [2.24, 2.45) is 5.92 Å². The standard InChI is InChI=1S/C17H27ClN2/c1-4-9-20-10-5-6-15(12-20)14(3)19-16-8-7-13(2)17(18)11-16/h7-8,11,14-15,19H,4-6,9-10,12H2,1-3H3. The second-order valence-corrected chi connectivity index (χ2v) is 6.51. The zero-order valence-electron chi connectivity index (χ0n) is 13.0. The molecule has 2 unspecified atom stereocenters.